The van der Waals surface area contributed by atoms with Crippen molar-refractivity contribution in [1.82, 2.24) is 0 Å². The summed E-state index contributed by atoms with van der Waals surface area (Å²) < 4.78 is 0. The van der Waals surface area contributed by atoms with E-state index in [0.717, 1.165) is 0 Å². The fourth-order valence-corrected chi connectivity index (χ4v) is 3.16. The molecule has 0 aliphatic heterocycles. The van der Waals surface area contributed by atoms with Gasteiger partial charge in [-0.1, -0.05) is 63.5 Å². The lowest BCUT2D eigenvalue weighted by Crippen LogP contribution is -2.01. The number of allylic oxidation sites excluding steroid dienone is 2. The number of rotatable bonds is 10. The van der Waals surface area contributed by atoms with Crippen LogP contribution in [0.5, 0.6) is 0 Å². The summed E-state index contributed by atoms with van der Waals surface area (Å²) in [5, 5.41) is 13.9. The molecule has 0 aromatic rings. The molecule has 0 bridgehead atoms. The van der Waals surface area contributed by atoms with Gasteiger partial charge < -0.3 is 10.2 Å². The minimum absolute atomic E-state index is 1.36. The molecule has 0 aromatic heterocycles. The number of carbonyl (C=O) groups is 1. The Labute approximate surface area is 136 Å². The average molecular weight is 312 g/mol. The van der Waals surface area contributed by atoms with E-state index in [9.17, 15) is 0 Å². The number of carboxylic acid groups (broad SMARTS) is 2. The molecule has 0 unspecified atom stereocenters. The van der Waals surface area contributed by atoms with Crippen LogP contribution < -0.4 is 0 Å². The molecule has 0 heterocycles. The Hall–Kier alpha value is -0.990. The summed E-state index contributed by atoms with van der Waals surface area (Å²) >= 11 is 0. The maximum Gasteiger partial charge on any atom is 0.503 e. The van der Waals surface area contributed by atoms with Gasteiger partial charge in [0.15, 0.2) is 0 Å². The van der Waals surface area contributed by atoms with E-state index in [4.69, 9.17) is 15.0 Å². The summed E-state index contributed by atoms with van der Waals surface area (Å²) in [4.78, 5) is 8.56. The first-order chi connectivity index (χ1) is 10.6. The van der Waals surface area contributed by atoms with Gasteiger partial charge >= 0.3 is 6.16 Å². The standard InChI is InChI=1S/C18H34.CH2O3/c1-3-5-7-9-13-17-15-11-12-16-18(17)14-10-8-6-4-2;2-1(3)4/h3-16H2,1-2H3;(H2,2,3,4). The number of hydrogen-bond donors (Lipinski definition) is 2. The van der Waals surface area contributed by atoms with Crippen molar-refractivity contribution >= 4 is 6.16 Å². The molecule has 0 radical (unpaired) electrons. The Bertz CT molecular complexity index is 280. The quantitative estimate of drug-likeness (QED) is 0.336. The molecule has 3 nitrogen and oxygen atoms in total. The van der Waals surface area contributed by atoms with Gasteiger partial charge in [-0.3, -0.25) is 0 Å². The Morgan fingerprint density at radius 2 is 1.14 bits per heavy atom. The van der Waals surface area contributed by atoms with Gasteiger partial charge in [0, 0.05) is 0 Å². The molecular formula is C19H36O3. The molecule has 0 fully saturated rings. The second-order valence-corrected chi connectivity index (χ2v) is 6.32. The first-order valence-corrected chi connectivity index (χ1v) is 9.23. The van der Waals surface area contributed by atoms with Gasteiger partial charge in [0.1, 0.15) is 0 Å². The predicted molar refractivity (Wildman–Crippen MR) is 93.7 cm³/mol. The van der Waals surface area contributed by atoms with Crippen LogP contribution in [0.25, 0.3) is 0 Å². The van der Waals surface area contributed by atoms with Gasteiger partial charge in [-0.05, 0) is 51.4 Å². The van der Waals surface area contributed by atoms with E-state index in [-0.39, 0.29) is 0 Å². The fourth-order valence-electron chi connectivity index (χ4n) is 3.16. The lowest BCUT2D eigenvalue weighted by atomic mass is 9.86. The van der Waals surface area contributed by atoms with E-state index in [1.165, 1.54) is 89.9 Å². The summed E-state index contributed by atoms with van der Waals surface area (Å²) in [5.41, 5.74) is 3.74. The van der Waals surface area contributed by atoms with Crippen molar-refractivity contribution in [2.45, 2.75) is 104 Å². The van der Waals surface area contributed by atoms with E-state index >= 15 is 0 Å². The SMILES string of the molecule is CCCCCCC1=C(CCCCCC)CCCC1.O=C(O)O. The molecule has 0 amide bonds. The fraction of sp³-hybridized carbons (Fsp3) is 0.842. The summed E-state index contributed by atoms with van der Waals surface area (Å²) in [6.45, 7) is 4.61. The van der Waals surface area contributed by atoms with E-state index in [0.29, 0.717) is 0 Å². The first kappa shape index (κ1) is 21.0. The van der Waals surface area contributed by atoms with Crippen LogP contribution in [0.4, 0.5) is 4.79 Å². The maximum absolute atomic E-state index is 8.56. The van der Waals surface area contributed by atoms with E-state index < -0.39 is 6.16 Å². The third-order valence-corrected chi connectivity index (χ3v) is 4.37. The third kappa shape index (κ3) is 12.7. The van der Waals surface area contributed by atoms with Crippen molar-refractivity contribution < 1.29 is 15.0 Å². The van der Waals surface area contributed by atoms with Crippen LogP contribution in [-0.4, -0.2) is 16.4 Å². The topological polar surface area (TPSA) is 57.5 Å². The Morgan fingerprint density at radius 1 is 0.773 bits per heavy atom. The highest BCUT2D eigenvalue weighted by atomic mass is 16.6. The summed E-state index contributed by atoms with van der Waals surface area (Å²) in [5.74, 6) is 0. The van der Waals surface area contributed by atoms with Gasteiger partial charge in [-0.25, -0.2) is 4.79 Å². The lowest BCUT2D eigenvalue weighted by Gasteiger charge is -2.20. The van der Waals surface area contributed by atoms with Crippen LogP contribution in [0.3, 0.4) is 0 Å². The molecule has 0 spiro atoms. The summed E-state index contributed by atoms with van der Waals surface area (Å²) in [6.07, 6.45) is 18.2. The normalized spacial score (nSPS) is 14.5. The molecule has 0 saturated carbocycles. The Balaban J connectivity index is 0.000000980. The number of hydrogen-bond acceptors (Lipinski definition) is 1. The van der Waals surface area contributed by atoms with Crippen LogP contribution in [0.2, 0.25) is 0 Å². The molecule has 0 saturated heterocycles. The largest absolute Gasteiger partial charge is 0.503 e. The van der Waals surface area contributed by atoms with Crippen molar-refractivity contribution in [3.63, 3.8) is 0 Å². The van der Waals surface area contributed by atoms with Crippen molar-refractivity contribution in [3.05, 3.63) is 11.1 Å². The lowest BCUT2D eigenvalue weighted by molar-refractivity contribution is 0.137. The molecule has 1 aliphatic carbocycles. The van der Waals surface area contributed by atoms with E-state index in [1.807, 2.05) is 11.1 Å². The summed E-state index contributed by atoms with van der Waals surface area (Å²) in [6, 6.07) is 0. The molecule has 130 valence electrons. The molecule has 2 N–H and O–H groups in total. The molecule has 0 aromatic carbocycles. The van der Waals surface area contributed by atoms with E-state index in [2.05, 4.69) is 13.8 Å². The Morgan fingerprint density at radius 3 is 1.45 bits per heavy atom. The zero-order valence-corrected chi connectivity index (χ0v) is 14.7. The van der Waals surface area contributed by atoms with E-state index in [1.54, 1.807) is 0 Å². The van der Waals surface area contributed by atoms with Gasteiger partial charge in [0.05, 0.1) is 0 Å². The zero-order chi connectivity index (χ0) is 16.6. The van der Waals surface area contributed by atoms with Crippen molar-refractivity contribution in [3.8, 4) is 0 Å². The Kier molecular flexibility index (Phi) is 14.3. The van der Waals surface area contributed by atoms with Gasteiger partial charge in [-0.2, -0.15) is 0 Å². The third-order valence-electron chi connectivity index (χ3n) is 4.37. The monoisotopic (exact) mass is 312 g/mol. The van der Waals surface area contributed by atoms with Gasteiger partial charge in [0.25, 0.3) is 0 Å². The maximum atomic E-state index is 8.56. The molecule has 1 rings (SSSR count). The van der Waals surface area contributed by atoms with Crippen molar-refractivity contribution in [2.75, 3.05) is 0 Å². The highest BCUT2D eigenvalue weighted by molar-refractivity contribution is 5.53. The number of unbranched alkanes of at least 4 members (excludes halogenated alkanes) is 6. The smallest absolute Gasteiger partial charge is 0.450 e. The second kappa shape index (κ2) is 14.9. The predicted octanol–water partition coefficient (Wildman–Crippen LogP) is 7.02. The molecule has 1 aliphatic rings. The summed E-state index contributed by atoms with van der Waals surface area (Å²) in [7, 11) is 0. The van der Waals surface area contributed by atoms with Crippen LogP contribution in [0.15, 0.2) is 11.1 Å². The molecular weight excluding hydrogens is 276 g/mol. The van der Waals surface area contributed by atoms with Crippen LogP contribution >= 0.6 is 0 Å². The minimum atomic E-state index is -1.83. The second-order valence-electron chi connectivity index (χ2n) is 6.32. The van der Waals surface area contributed by atoms with Crippen LogP contribution in [-0.2, 0) is 0 Å². The minimum Gasteiger partial charge on any atom is -0.450 e. The van der Waals surface area contributed by atoms with Gasteiger partial charge in [-0.15, -0.1) is 0 Å². The first-order valence-electron chi connectivity index (χ1n) is 9.23. The zero-order valence-electron chi connectivity index (χ0n) is 14.7. The average Bonchev–Trinajstić information content (AvgIpc) is 2.49. The van der Waals surface area contributed by atoms with Crippen molar-refractivity contribution in [1.29, 1.82) is 0 Å². The molecule has 0 atom stereocenters. The molecule has 3 heteroatoms. The van der Waals surface area contributed by atoms with Crippen LogP contribution in [0, 0.1) is 0 Å². The highest BCUT2D eigenvalue weighted by Crippen LogP contribution is 2.31. The van der Waals surface area contributed by atoms with Gasteiger partial charge in [0.2, 0.25) is 0 Å². The molecule has 22 heavy (non-hydrogen) atoms. The van der Waals surface area contributed by atoms with Crippen LogP contribution in [0.1, 0.15) is 104 Å². The van der Waals surface area contributed by atoms with Crippen molar-refractivity contribution in [2.24, 2.45) is 0 Å². The highest BCUT2D eigenvalue weighted by Gasteiger charge is 2.11.